The fourth-order valence-corrected chi connectivity index (χ4v) is 6.04. The fraction of sp³-hybridized carbons (Fsp3) is 0.642. The molecule has 0 aliphatic carbocycles. The van der Waals surface area contributed by atoms with Crippen LogP contribution in [0.25, 0.3) is 0 Å². The summed E-state index contributed by atoms with van der Waals surface area (Å²) in [4.78, 5) is 37.8. The molecule has 0 aromatic heterocycles. The lowest BCUT2D eigenvalue weighted by Crippen LogP contribution is -2.30. The van der Waals surface area contributed by atoms with Crippen LogP contribution < -0.4 is 0 Å². The van der Waals surface area contributed by atoms with Crippen molar-refractivity contribution in [3.63, 3.8) is 0 Å². The third-order valence-corrected chi connectivity index (χ3v) is 9.55. The molecular weight excluding hydrogens is 733 g/mol. The van der Waals surface area contributed by atoms with Gasteiger partial charge in [0.25, 0.3) is 0 Å². The molecule has 0 saturated carbocycles. The van der Waals surface area contributed by atoms with E-state index in [1.165, 1.54) is 44.9 Å². The molecule has 0 heterocycles. The molecule has 0 spiro atoms. The van der Waals surface area contributed by atoms with Crippen molar-refractivity contribution in [1.82, 2.24) is 0 Å². The Morgan fingerprint density at radius 1 is 0.356 bits per heavy atom. The Kier molecular flexibility index (Phi) is 44.1. The van der Waals surface area contributed by atoms with Crippen molar-refractivity contribution in [2.75, 3.05) is 13.2 Å². The number of allylic oxidation sites excluding steroid dienone is 16. The predicted octanol–water partition coefficient (Wildman–Crippen LogP) is 15.4. The topological polar surface area (TPSA) is 78.9 Å². The summed E-state index contributed by atoms with van der Waals surface area (Å²) in [6.07, 6.45) is 61.2. The first-order valence-corrected chi connectivity index (χ1v) is 23.7. The van der Waals surface area contributed by atoms with Crippen LogP contribution in [0.4, 0.5) is 0 Å². The summed E-state index contributed by atoms with van der Waals surface area (Å²) in [7, 11) is 0. The summed E-state index contributed by atoms with van der Waals surface area (Å²) in [6, 6.07) is 0. The van der Waals surface area contributed by atoms with Crippen LogP contribution in [0.5, 0.6) is 0 Å². The highest BCUT2D eigenvalue weighted by Gasteiger charge is 2.19. The molecule has 6 nitrogen and oxygen atoms in total. The van der Waals surface area contributed by atoms with E-state index < -0.39 is 6.10 Å². The molecule has 1 unspecified atom stereocenters. The fourth-order valence-electron chi connectivity index (χ4n) is 6.04. The first kappa shape index (κ1) is 55.3. The summed E-state index contributed by atoms with van der Waals surface area (Å²) in [5.41, 5.74) is 0. The first-order valence-electron chi connectivity index (χ1n) is 23.7. The third kappa shape index (κ3) is 45.3. The Labute approximate surface area is 362 Å². The minimum absolute atomic E-state index is 0.117. The molecule has 0 saturated heterocycles. The van der Waals surface area contributed by atoms with E-state index in [0.717, 1.165) is 109 Å². The number of carbonyl (C=O) groups is 3. The zero-order valence-corrected chi connectivity index (χ0v) is 38.0. The summed E-state index contributed by atoms with van der Waals surface area (Å²) < 4.78 is 16.6. The highest BCUT2D eigenvalue weighted by atomic mass is 16.6. The molecule has 0 amide bonds. The molecule has 0 aromatic rings. The summed E-state index contributed by atoms with van der Waals surface area (Å²) >= 11 is 0. The average molecular weight is 819 g/mol. The van der Waals surface area contributed by atoms with Crippen molar-refractivity contribution in [3.8, 4) is 0 Å². The Balaban J connectivity index is 4.52. The van der Waals surface area contributed by atoms with Gasteiger partial charge in [0.05, 0.1) is 0 Å². The second kappa shape index (κ2) is 47.0. The Morgan fingerprint density at radius 3 is 1.12 bits per heavy atom. The molecule has 0 N–H and O–H groups in total. The first-order chi connectivity index (χ1) is 29.0. The molecule has 0 rings (SSSR count). The van der Waals surface area contributed by atoms with Crippen LogP contribution in [0.1, 0.15) is 201 Å². The van der Waals surface area contributed by atoms with Gasteiger partial charge in [-0.1, -0.05) is 169 Å². The van der Waals surface area contributed by atoms with E-state index in [4.69, 9.17) is 14.2 Å². The standard InChI is InChI=1S/C53H86O6/c1-4-7-10-13-16-19-22-24-26-27-29-31-34-37-40-43-46-52(55)58-49-50(48-57-51(54)45-42-39-36-33-30-21-18-15-12-9-6-3)59-53(56)47-44-41-38-35-32-28-25-23-20-17-14-11-8-5-2/h7,9-10,12,16,18-19,21,24,26,28-29,31-33,36,50H,4-6,8,11,13-15,17,20,22-23,25,27,30,34-35,37-49H2,1-3H3/b10-7-,12-9-,19-16-,21-18-,26-24-,31-29-,32-28-,36-33-. The number of ether oxygens (including phenoxy) is 3. The highest BCUT2D eigenvalue weighted by molar-refractivity contribution is 5.71. The van der Waals surface area contributed by atoms with Crippen LogP contribution in [0.3, 0.4) is 0 Å². The van der Waals surface area contributed by atoms with Crippen molar-refractivity contribution in [1.29, 1.82) is 0 Å². The van der Waals surface area contributed by atoms with Crippen molar-refractivity contribution in [3.05, 3.63) is 97.2 Å². The second-order valence-electron chi connectivity index (χ2n) is 15.2. The number of carbonyl (C=O) groups excluding carboxylic acids is 3. The molecule has 1 atom stereocenters. The number of rotatable bonds is 41. The van der Waals surface area contributed by atoms with E-state index in [0.29, 0.717) is 12.8 Å². The Hall–Kier alpha value is -3.67. The maximum atomic E-state index is 12.7. The molecule has 6 heteroatoms. The zero-order valence-electron chi connectivity index (χ0n) is 38.0. The smallest absolute Gasteiger partial charge is 0.306 e. The Morgan fingerprint density at radius 2 is 0.678 bits per heavy atom. The predicted molar refractivity (Wildman–Crippen MR) is 251 cm³/mol. The van der Waals surface area contributed by atoms with Gasteiger partial charge in [-0.3, -0.25) is 14.4 Å². The average Bonchev–Trinajstić information content (AvgIpc) is 3.23. The SMILES string of the molecule is CC/C=C\C/C=C\C/C=C\C/C=C\CCCCCC(=O)OCC(COC(=O)CCC/C=C\C/C=C\C/C=C\CC)OC(=O)CCCCC/C=C\CCCCCCCCC. The maximum absolute atomic E-state index is 12.7. The number of hydrogen-bond acceptors (Lipinski definition) is 6. The molecular formula is C53H86O6. The van der Waals surface area contributed by atoms with Gasteiger partial charge in [0.1, 0.15) is 13.2 Å². The number of hydrogen-bond donors (Lipinski definition) is 0. The molecule has 59 heavy (non-hydrogen) atoms. The minimum Gasteiger partial charge on any atom is -0.462 e. The third-order valence-electron chi connectivity index (χ3n) is 9.55. The molecule has 0 radical (unpaired) electrons. The van der Waals surface area contributed by atoms with Crippen LogP contribution in [0.15, 0.2) is 97.2 Å². The van der Waals surface area contributed by atoms with Crippen LogP contribution in [-0.2, 0) is 28.6 Å². The van der Waals surface area contributed by atoms with Gasteiger partial charge in [-0.05, 0) is 109 Å². The van der Waals surface area contributed by atoms with Gasteiger partial charge in [-0.2, -0.15) is 0 Å². The molecule has 0 aliphatic heterocycles. The van der Waals surface area contributed by atoms with E-state index in [-0.39, 0.29) is 44.0 Å². The lowest BCUT2D eigenvalue weighted by molar-refractivity contribution is -0.167. The highest BCUT2D eigenvalue weighted by Crippen LogP contribution is 2.12. The van der Waals surface area contributed by atoms with E-state index in [9.17, 15) is 14.4 Å². The largest absolute Gasteiger partial charge is 0.462 e. The van der Waals surface area contributed by atoms with Gasteiger partial charge in [0, 0.05) is 19.3 Å². The van der Waals surface area contributed by atoms with Crippen molar-refractivity contribution in [2.45, 2.75) is 207 Å². The van der Waals surface area contributed by atoms with Crippen LogP contribution in [0.2, 0.25) is 0 Å². The lowest BCUT2D eigenvalue weighted by atomic mass is 10.1. The monoisotopic (exact) mass is 819 g/mol. The van der Waals surface area contributed by atoms with Crippen LogP contribution >= 0.6 is 0 Å². The van der Waals surface area contributed by atoms with Crippen molar-refractivity contribution >= 4 is 17.9 Å². The van der Waals surface area contributed by atoms with Crippen molar-refractivity contribution in [2.24, 2.45) is 0 Å². The van der Waals surface area contributed by atoms with Gasteiger partial charge in [0.2, 0.25) is 0 Å². The second-order valence-corrected chi connectivity index (χ2v) is 15.2. The molecule has 0 aliphatic rings. The van der Waals surface area contributed by atoms with Gasteiger partial charge >= 0.3 is 17.9 Å². The van der Waals surface area contributed by atoms with Crippen LogP contribution in [0, 0.1) is 0 Å². The van der Waals surface area contributed by atoms with Gasteiger partial charge in [-0.25, -0.2) is 0 Å². The van der Waals surface area contributed by atoms with Gasteiger partial charge < -0.3 is 14.2 Å². The molecule has 0 aromatic carbocycles. The lowest BCUT2D eigenvalue weighted by Gasteiger charge is -2.18. The molecule has 0 fully saturated rings. The van der Waals surface area contributed by atoms with E-state index in [2.05, 4.69) is 118 Å². The van der Waals surface area contributed by atoms with E-state index in [1.54, 1.807) is 0 Å². The summed E-state index contributed by atoms with van der Waals surface area (Å²) in [5, 5.41) is 0. The normalized spacial score (nSPS) is 12.9. The number of unbranched alkanes of at least 4 members (excludes halogenated alkanes) is 14. The van der Waals surface area contributed by atoms with E-state index >= 15 is 0 Å². The minimum atomic E-state index is -0.818. The molecule has 0 bridgehead atoms. The van der Waals surface area contributed by atoms with Gasteiger partial charge in [0.15, 0.2) is 6.10 Å². The van der Waals surface area contributed by atoms with Crippen molar-refractivity contribution < 1.29 is 28.6 Å². The summed E-state index contributed by atoms with van der Waals surface area (Å²) in [5.74, 6) is -1.03. The summed E-state index contributed by atoms with van der Waals surface area (Å²) in [6.45, 7) is 6.29. The van der Waals surface area contributed by atoms with E-state index in [1.807, 2.05) is 0 Å². The Bertz CT molecular complexity index is 1220. The quantitative estimate of drug-likeness (QED) is 0.0265. The maximum Gasteiger partial charge on any atom is 0.306 e. The van der Waals surface area contributed by atoms with Gasteiger partial charge in [-0.15, -0.1) is 0 Å². The molecule has 334 valence electrons. The number of esters is 3. The van der Waals surface area contributed by atoms with Crippen LogP contribution in [-0.4, -0.2) is 37.2 Å². The zero-order chi connectivity index (χ0) is 43.0.